The molecule has 0 aromatic carbocycles. The summed E-state index contributed by atoms with van der Waals surface area (Å²) < 4.78 is 1.89. The Hall–Kier alpha value is -0.830. The van der Waals surface area contributed by atoms with Gasteiger partial charge in [-0.3, -0.25) is 4.68 Å². The molecule has 1 aromatic heterocycles. The van der Waals surface area contributed by atoms with Gasteiger partial charge >= 0.3 is 0 Å². The zero-order valence-corrected chi connectivity index (χ0v) is 11.6. The molecule has 0 saturated carbocycles. The highest BCUT2D eigenvalue weighted by molar-refractivity contribution is 5.09. The van der Waals surface area contributed by atoms with E-state index in [1.54, 1.807) is 0 Å². The lowest BCUT2D eigenvalue weighted by Crippen LogP contribution is -2.51. The topological polar surface area (TPSA) is 29.9 Å². The zero-order chi connectivity index (χ0) is 12.5. The van der Waals surface area contributed by atoms with E-state index in [0.29, 0.717) is 11.0 Å². The van der Waals surface area contributed by atoms with Gasteiger partial charge in [-0.15, -0.1) is 0 Å². The summed E-state index contributed by atoms with van der Waals surface area (Å²) in [6.45, 7) is 8.24. The molecule has 1 N–H and O–H groups in total. The summed E-state index contributed by atoms with van der Waals surface area (Å²) in [4.78, 5) is 0. The molecular weight excluding hydrogens is 210 g/mol. The minimum absolute atomic E-state index is 0.308. The summed E-state index contributed by atoms with van der Waals surface area (Å²) in [6, 6.07) is 0. The number of hydrogen-bond acceptors (Lipinski definition) is 2. The fraction of sp³-hybridized carbons (Fsp3) is 0.786. The lowest BCUT2D eigenvalue weighted by molar-refractivity contribution is 0.148. The Balaban J connectivity index is 2.04. The van der Waals surface area contributed by atoms with E-state index in [1.165, 1.54) is 31.4 Å². The molecule has 1 aliphatic rings. The molecule has 0 bridgehead atoms. The summed E-state index contributed by atoms with van der Waals surface area (Å²) in [7, 11) is 1.98. The van der Waals surface area contributed by atoms with Gasteiger partial charge < -0.3 is 5.32 Å². The van der Waals surface area contributed by atoms with Crippen LogP contribution in [-0.4, -0.2) is 21.9 Å². The van der Waals surface area contributed by atoms with Crippen molar-refractivity contribution in [3.05, 3.63) is 18.0 Å². The number of nitrogens with one attached hydrogen (secondary N) is 1. The molecule has 3 heteroatoms. The van der Waals surface area contributed by atoms with Crippen LogP contribution in [0.5, 0.6) is 0 Å². The highest BCUT2D eigenvalue weighted by atomic mass is 15.2. The van der Waals surface area contributed by atoms with Crippen LogP contribution in [0.2, 0.25) is 0 Å². The molecule has 0 spiro atoms. The Bertz CT molecular complexity index is 367. The van der Waals surface area contributed by atoms with E-state index in [9.17, 15) is 0 Å². The first kappa shape index (κ1) is 12.6. The van der Waals surface area contributed by atoms with Gasteiger partial charge in [-0.2, -0.15) is 5.10 Å². The van der Waals surface area contributed by atoms with Crippen molar-refractivity contribution >= 4 is 0 Å². The molecule has 0 radical (unpaired) electrons. The fourth-order valence-electron chi connectivity index (χ4n) is 2.99. The van der Waals surface area contributed by atoms with Crippen molar-refractivity contribution in [3.8, 4) is 0 Å². The number of aryl methyl sites for hydroxylation is 2. The summed E-state index contributed by atoms with van der Waals surface area (Å²) >= 11 is 0. The summed E-state index contributed by atoms with van der Waals surface area (Å²) in [6.07, 6.45) is 9.07. The summed E-state index contributed by atoms with van der Waals surface area (Å²) in [5.74, 6) is 0. The van der Waals surface area contributed by atoms with E-state index in [2.05, 4.69) is 37.4 Å². The van der Waals surface area contributed by atoms with Gasteiger partial charge in [-0.05, 0) is 43.2 Å². The molecule has 2 rings (SSSR count). The predicted octanol–water partition coefficient (Wildman–Crippen LogP) is 2.52. The number of rotatable bonds is 3. The third kappa shape index (κ3) is 2.54. The largest absolute Gasteiger partial charge is 0.311 e. The van der Waals surface area contributed by atoms with E-state index in [4.69, 9.17) is 0 Å². The predicted molar refractivity (Wildman–Crippen MR) is 71.0 cm³/mol. The lowest BCUT2D eigenvalue weighted by Gasteiger charge is -2.42. The normalized spacial score (nSPS) is 25.4. The first-order chi connectivity index (χ1) is 7.93. The molecule has 96 valence electrons. The van der Waals surface area contributed by atoms with Crippen molar-refractivity contribution in [1.82, 2.24) is 15.1 Å². The Morgan fingerprint density at radius 1 is 1.47 bits per heavy atom. The maximum absolute atomic E-state index is 4.24. The van der Waals surface area contributed by atoms with Gasteiger partial charge in [-0.25, -0.2) is 0 Å². The molecular formula is C14H25N3. The van der Waals surface area contributed by atoms with Crippen LogP contribution in [-0.2, 0) is 13.5 Å². The zero-order valence-electron chi connectivity index (χ0n) is 11.6. The third-order valence-corrected chi connectivity index (χ3v) is 4.28. The fourth-order valence-corrected chi connectivity index (χ4v) is 2.99. The van der Waals surface area contributed by atoms with E-state index in [1.807, 2.05) is 17.9 Å². The Kier molecular flexibility index (Phi) is 3.30. The van der Waals surface area contributed by atoms with E-state index >= 15 is 0 Å². The minimum atomic E-state index is 0.308. The van der Waals surface area contributed by atoms with Crippen LogP contribution in [0.15, 0.2) is 12.4 Å². The van der Waals surface area contributed by atoms with Crippen LogP contribution in [0.1, 0.15) is 45.6 Å². The molecule has 0 amide bonds. The van der Waals surface area contributed by atoms with Gasteiger partial charge in [0.15, 0.2) is 0 Å². The molecule has 1 saturated heterocycles. The van der Waals surface area contributed by atoms with Gasteiger partial charge in [0.1, 0.15) is 0 Å². The average molecular weight is 235 g/mol. The molecule has 1 aromatic rings. The molecule has 3 nitrogen and oxygen atoms in total. The maximum Gasteiger partial charge on any atom is 0.0521 e. The first-order valence-electron chi connectivity index (χ1n) is 6.66. The number of nitrogens with zero attached hydrogens (tertiary/aromatic N) is 2. The van der Waals surface area contributed by atoms with Crippen molar-refractivity contribution in [2.45, 2.75) is 52.0 Å². The second-order valence-corrected chi connectivity index (χ2v) is 6.38. The smallest absolute Gasteiger partial charge is 0.0521 e. The summed E-state index contributed by atoms with van der Waals surface area (Å²) in [5.41, 5.74) is 1.99. The molecule has 1 fully saturated rings. The van der Waals surface area contributed by atoms with Crippen LogP contribution < -0.4 is 5.32 Å². The highest BCUT2D eigenvalue weighted by Crippen LogP contribution is 2.40. The van der Waals surface area contributed by atoms with Crippen LogP contribution >= 0.6 is 0 Å². The van der Waals surface area contributed by atoms with Gasteiger partial charge in [0.2, 0.25) is 0 Å². The standard InChI is InChI=1S/C14H25N3/c1-13(2,3)14(7-5-9-15-14)8-6-12-10-16-17(4)11-12/h10-11,15H,5-9H2,1-4H3. The molecule has 1 aliphatic heterocycles. The minimum Gasteiger partial charge on any atom is -0.311 e. The van der Waals surface area contributed by atoms with Crippen LogP contribution in [0.3, 0.4) is 0 Å². The highest BCUT2D eigenvalue weighted by Gasteiger charge is 2.43. The molecule has 0 aliphatic carbocycles. The third-order valence-electron chi connectivity index (χ3n) is 4.28. The number of aromatic nitrogens is 2. The maximum atomic E-state index is 4.24. The Morgan fingerprint density at radius 3 is 2.71 bits per heavy atom. The van der Waals surface area contributed by atoms with Gasteiger partial charge in [0.05, 0.1) is 6.20 Å². The van der Waals surface area contributed by atoms with Gasteiger partial charge in [0, 0.05) is 18.8 Å². The van der Waals surface area contributed by atoms with E-state index in [-0.39, 0.29) is 0 Å². The molecule has 1 unspecified atom stereocenters. The quantitative estimate of drug-likeness (QED) is 0.872. The van der Waals surface area contributed by atoms with E-state index < -0.39 is 0 Å². The molecule has 1 atom stereocenters. The average Bonchev–Trinajstić information content (AvgIpc) is 2.83. The Morgan fingerprint density at radius 2 is 2.24 bits per heavy atom. The van der Waals surface area contributed by atoms with Crippen molar-refractivity contribution in [2.75, 3.05) is 6.54 Å². The summed E-state index contributed by atoms with van der Waals surface area (Å²) in [5, 5.41) is 8.00. The molecule has 17 heavy (non-hydrogen) atoms. The number of hydrogen-bond donors (Lipinski definition) is 1. The van der Waals surface area contributed by atoms with Crippen LogP contribution in [0.4, 0.5) is 0 Å². The van der Waals surface area contributed by atoms with Gasteiger partial charge in [0.25, 0.3) is 0 Å². The van der Waals surface area contributed by atoms with Crippen molar-refractivity contribution in [3.63, 3.8) is 0 Å². The lowest BCUT2D eigenvalue weighted by atomic mass is 9.70. The van der Waals surface area contributed by atoms with Gasteiger partial charge in [-0.1, -0.05) is 20.8 Å². The van der Waals surface area contributed by atoms with Crippen molar-refractivity contribution in [1.29, 1.82) is 0 Å². The molecule has 2 heterocycles. The monoisotopic (exact) mass is 235 g/mol. The van der Waals surface area contributed by atoms with Crippen molar-refractivity contribution in [2.24, 2.45) is 12.5 Å². The Labute approximate surface area is 105 Å². The second kappa shape index (κ2) is 4.45. The first-order valence-corrected chi connectivity index (χ1v) is 6.66. The SMILES string of the molecule is Cn1cc(CCC2(C(C)(C)C)CCCN2)cn1. The second-order valence-electron chi connectivity index (χ2n) is 6.38. The van der Waals surface area contributed by atoms with Crippen molar-refractivity contribution < 1.29 is 0 Å². The van der Waals surface area contributed by atoms with E-state index in [0.717, 1.165) is 6.42 Å². The van der Waals surface area contributed by atoms with Crippen LogP contribution in [0, 0.1) is 5.41 Å². The van der Waals surface area contributed by atoms with Crippen LogP contribution in [0.25, 0.3) is 0 Å².